The van der Waals surface area contributed by atoms with Gasteiger partial charge in [-0.1, -0.05) is 25.7 Å². The molecule has 2 aromatic rings. The fourth-order valence-electron chi connectivity index (χ4n) is 3.72. The van der Waals surface area contributed by atoms with Crippen molar-refractivity contribution in [1.82, 2.24) is 20.5 Å². The number of ether oxygens (including phenoxy) is 1. The Hall–Kier alpha value is -2.97. The molecule has 2 aliphatic rings. The molecule has 1 aliphatic heterocycles. The molecule has 2 heterocycles. The first-order chi connectivity index (χ1) is 13.5. The zero-order valence-electron chi connectivity index (χ0n) is 15.5. The molecular weight excluding hydrogens is 365 g/mol. The monoisotopic (exact) mass is 387 g/mol. The largest absolute Gasteiger partial charge is 0.489 e. The Morgan fingerprint density at radius 1 is 1.32 bits per heavy atom. The minimum atomic E-state index is -0.983. The molecule has 0 saturated heterocycles. The van der Waals surface area contributed by atoms with Gasteiger partial charge in [-0.3, -0.25) is 9.59 Å². The fraction of sp³-hybridized carbons (Fsp3) is 0.474. The zero-order valence-corrected chi connectivity index (χ0v) is 15.5. The average molecular weight is 387 g/mol. The molecule has 148 valence electrons. The summed E-state index contributed by atoms with van der Waals surface area (Å²) in [5.41, 5.74) is 0.648. The molecule has 0 bridgehead atoms. The van der Waals surface area contributed by atoms with Gasteiger partial charge in [-0.2, -0.15) is 0 Å². The highest BCUT2D eigenvalue weighted by Crippen LogP contribution is 2.31. The Bertz CT molecular complexity index is 907. The van der Waals surface area contributed by atoms with Gasteiger partial charge in [0.25, 0.3) is 11.8 Å². The van der Waals surface area contributed by atoms with Crippen molar-refractivity contribution in [2.45, 2.75) is 45.1 Å². The number of carbonyl (C=O) groups is 2. The number of H-pyrrole nitrogens is 1. The van der Waals surface area contributed by atoms with Gasteiger partial charge in [0.05, 0.1) is 0 Å². The van der Waals surface area contributed by atoms with Crippen LogP contribution in [-0.2, 0) is 11.2 Å². The van der Waals surface area contributed by atoms with E-state index in [9.17, 15) is 14.0 Å². The van der Waals surface area contributed by atoms with Gasteiger partial charge in [0.15, 0.2) is 5.82 Å². The summed E-state index contributed by atoms with van der Waals surface area (Å²) in [6, 6.07) is 1.96. The van der Waals surface area contributed by atoms with Crippen LogP contribution in [0.3, 0.4) is 0 Å². The molecule has 1 saturated carbocycles. The van der Waals surface area contributed by atoms with Crippen LogP contribution in [0, 0.1) is 18.7 Å². The van der Waals surface area contributed by atoms with Crippen LogP contribution in [-0.4, -0.2) is 39.6 Å². The number of hydrogen-bond donors (Lipinski definition) is 3. The number of carbonyl (C=O) groups excluding carboxylic acids is 2. The Kier molecular flexibility index (Phi) is 4.97. The highest BCUT2D eigenvalue weighted by atomic mass is 19.1. The second kappa shape index (κ2) is 7.57. The molecule has 2 amide bonds. The lowest BCUT2D eigenvalue weighted by Crippen LogP contribution is -2.46. The van der Waals surface area contributed by atoms with E-state index in [4.69, 9.17) is 4.74 Å². The number of aromatic amines is 1. The smallest absolute Gasteiger partial charge is 0.289 e. The molecule has 8 nitrogen and oxygen atoms in total. The molecule has 1 unspecified atom stereocenters. The molecule has 1 aromatic carbocycles. The van der Waals surface area contributed by atoms with Crippen LogP contribution in [0.2, 0.25) is 0 Å². The molecule has 0 radical (unpaired) electrons. The third kappa shape index (κ3) is 3.83. The topological polar surface area (TPSA) is 109 Å². The van der Waals surface area contributed by atoms with E-state index >= 15 is 0 Å². The van der Waals surface area contributed by atoms with Crippen molar-refractivity contribution in [2.75, 3.05) is 11.9 Å². The van der Waals surface area contributed by atoms with Crippen molar-refractivity contribution in [3.63, 3.8) is 0 Å². The van der Waals surface area contributed by atoms with Crippen LogP contribution >= 0.6 is 0 Å². The maximum absolute atomic E-state index is 14.1. The van der Waals surface area contributed by atoms with Crippen molar-refractivity contribution in [1.29, 1.82) is 0 Å². The number of amides is 2. The van der Waals surface area contributed by atoms with Crippen molar-refractivity contribution < 1.29 is 18.7 Å². The number of nitrogens with one attached hydrogen (secondary N) is 3. The number of rotatable bonds is 4. The normalized spacial score (nSPS) is 19.5. The first kappa shape index (κ1) is 18.4. The second-order valence-electron chi connectivity index (χ2n) is 7.42. The zero-order chi connectivity index (χ0) is 19.7. The first-order valence-electron chi connectivity index (χ1n) is 9.46. The first-order valence-corrected chi connectivity index (χ1v) is 9.46. The van der Waals surface area contributed by atoms with Gasteiger partial charge in [-0.15, -0.1) is 10.2 Å². The third-order valence-corrected chi connectivity index (χ3v) is 5.18. The summed E-state index contributed by atoms with van der Waals surface area (Å²) in [4.78, 5) is 27.8. The van der Waals surface area contributed by atoms with Crippen molar-refractivity contribution in [3.05, 3.63) is 35.2 Å². The Labute approximate surface area is 161 Å². The molecule has 1 aliphatic carbocycles. The molecule has 3 N–H and O–H groups in total. The molecule has 1 fully saturated rings. The van der Waals surface area contributed by atoms with E-state index in [2.05, 4.69) is 25.8 Å². The number of hydrogen-bond acceptors (Lipinski definition) is 5. The summed E-state index contributed by atoms with van der Waals surface area (Å²) in [6.07, 6.45) is 5.55. The molecule has 1 atom stereocenters. The summed E-state index contributed by atoms with van der Waals surface area (Å²) in [5, 5.41) is 13.0. The van der Waals surface area contributed by atoms with Gasteiger partial charge in [-0.05, 0) is 30.5 Å². The predicted octanol–water partition coefficient (Wildman–Crippen LogP) is 2.11. The Morgan fingerprint density at radius 3 is 2.89 bits per heavy atom. The minimum absolute atomic E-state index is 0.0223. The standard InChI is InChI=1S/C19H22FN5O3/c1-10-6-12(20)16-14(7-10)28-9-13(18(26)23-16)21-19(27)17-22-15(24-25-17)8-11-4-2-3-5-11/h6-7,11,13H,2-5,8-9H2,1H3,(H,21,27)(H,23,26)(H,22,24,25). The summed E-state index contributed by atoms with van der Waals surface area (Å²) in [5.74, 6) is -0.171. The lowest BCUT2D eigenvalue weighted by atomic mass is 10.0. The van der Waals surface area contributed by atoms with Gasteiger partial charge in [0, 0.05) is 6.42 Å². The summed E-state index contributed by atoms with van der Waals surface area (Å²) < 4.78 is 19.6. The van der Waals surface area contributed by atoms with Crippen molar-refractivity contribution in [2.24, 2.45) is 5.92 Å². The molecule has 1 aromatic heterocycles. The van der Waals surface area contributed by atoms with E-state index < -0.39 is 23.7 Å². The van der Waals surface area contributed by atoms with Gasteiger partial charge in [-0.25, -0.2) is 4.39 Å². The van der Waals surface area contributed by atoms with E-state index in [0.29, 0.717) is 17.3 Å². The highest BCUT2D eigenvalue weighted by Gasteiger charge is 2.29. The number of fused-ring (bicyclic) bond motifs is 1. The SMILES string of the molecule is Cc1cc(F)c2c(c1)OCC(NC(=O)c1nnc(CC3CCCC3)[nH]1)C(=O)N2. The number of benzene rings is 1. The quantitative estimate of drug-likeness (QED) is 0.745. The third-order valence-electron chi connectivity index (χ3n) is 5.18. The second-order valence-corrected chi connectivity index (χ2v) is 7.42. The lowest BCUT2D eigenvalue weighted by Gasteiger charge is -2.13. The van der Waals surface area contributed by atoms with Crippen LogP contribution in [0.15, 0.2) is 12.1 Å². The van der Waals surface area contributed by atoms with Gasteiger partial charge < -0.3 is 20.4 Å². The predicted molar refractivity (Wildman–Crippen MR) is 98.6 cm³/mol. The summed E-state index contributed by atoms with van der Waals surface area (Å²) in [6.45, 7) is 1.61. The van der Waals surface area contributed by atoms with Crippen LogP contribution in [0.25, 0.3) is 0 Å². The van der Waals surface area contributed by atoms with E-state index in [0.717, 1.165) is 6.42 Å². The number of aromatic nitrogens is 3. The average Bonchev–Trinajstić information content (AvgIpc) is 3.30. The van der Waals surface area contributed by atoms with Crippen LogP contribution in [0.1, 0.15) is 47.7 Å². The summed E-state index contributed by atoms with van der Waals surface area (Å²) >= 11 is 0. The summed E-state index contributed by atoms with van der Waals surface area (Å²) in [7, 11) is 0. The fourth-order valence-corrected chi connectivity index (χ4v) is 3.72. The van der Waals surface area contributed by atoms with Crippen molar-refractivity contribution in [3.8, 4) is 5.75 Å². The van der Waals surface area contributed by atoms with E-state index in [1.54, 1.807) is 13.0 Å². The number of nitrogens with zero attached hydrogens (tertiary/aromatic N) is 2. The van der Waals surface area contributed by atoms with E-state index in [1.807, 2.05) is 0 Å². The molecule has 0 spiro atoms. The van der Waals surface area contributed by atoms with E-state index in [1.165, 1.54) is 31.7 Å². The lowest BCUT2D eigenvalue weighted by molar-refractivity contribution is -0.118. The van der Waals surface area contributed by atoms with E-state index in [-0.39, 0.29) is 23.9 Å². The van der Waals surface area contributed by atoms with Crippen molar-refractivity contribution >= 4 is 17.5 Å². The van der Waals surface area contributed by atoms with Gasteiger partial charge in [0.1, 0.15) is 29.9 Å². The van der Waals surface area contributed by atoms with Crippen LogP contribution < -0.4 is 15.4 Å². The maximum atomic E-state index is 14.1. The number of aryl methyl sites for hydroxylation is 1. The molecule has 9 heteroatoms. The molecular formula is C19H22FN5O3. The number of anilines is 1. The van der Waals surface area contributed by atoms with Gasteiger partial charge in [0.2, 0.25) is 5.82 Å². The maximum Gasteiger partial charge on any atom is 0.289 e. The number of halogens is 1. The molecule has 28 heavy (non-hydrogen) atoms. The van der Waals surface area contributed by atoms with Gasteiger partial charge >= 0.3 is 0 Å². The van der Waals surface area contributed by atoms with Crippen LogP contribution in [0.4, 0.5) is 10.1 Å². The molecule has 4 rings (SSSR count). The Morgan fingerprint density at radius 2 is 2.11 bits per heavy atom. The highest BCUT2D eigenvalue weighted by molar-refractivity contribution is 6.01. The Balaban J connectivity index is 1.41. The minimum Gasteiger partial charge on any atom is -0.489 e. The van der Waals surface area contributed by atoms with Crippen LogP contribution in [0.5, 0.6) is 5.75 Å².